The summed E-state index contributed by atoms with van der Waals surface area (Å²) in [6.07, 6.45) is 0. The number of hydrazine groups is 1. The molecular weight excluding hydrogens is 292 g/mol. The molecule has 2 amide bonds. The molecule has 0 aliphatic rings. The molecule has 21 heavy (non-hydrogen) atoms. The molecule has 0 fully saturated rings. The van der Waals surface area contributed by atoms with Gasteiger partial charge >= 0.3 is 0 Å². The van der Waals surface area contributed by atoms with Crippen LogP contribution in [0.1, 0.15) is 12.5 Å². The number of nitrogens with zero attached hydrogens (tertiary/aromatic N) is 2. The van der Waals surface area contributed by atoms with Crippen LogP contribution < -0.4 is 10.9 Å². The standard InChI is InChI=1S/C13H14N4O3S/c1-8-3-5-10(6-4-8)12-16-17-13(20-12)21-7-11(19)15-14-9(2)18/h3-6H,7H2,1-2H3,(H,14,18)(H,15,19). The summed E-state index contributed by atoms with van der Waals surface area (Å²) in [6, 6.07) is 7.68. The van der Waals surface area contributed by atoms with Crippen molar-refractivity contribution in [3.8, 4) is 11.5 Å². The molecule has 0 saturated heterocycles. The lowest BCUT2D eigenvalue weighted by Crippen LogP contribution is -2.41. The molecule has 0 aliphatic carbocycles. The number of aromatic nitrogens is 2. The third kappa shape index (κ3) is 4.60. The van der Waals surface area contributed by atoms with E-state index in [1.807, 2.05) is 31.2 Å². The van der Waals surface area contributed by atoms with Gasteiger partial charge in [-0.15, -0.1) is 10.2 Å². The van der Waals surface area contributed by atoms with E-state index in [1.54, 1.807) is 0 Å². The summed E-state index contributed by atoms with van der Waals surface area (Å²) in [5.74, 6) is -0.228. The van der Waals surface area contributed by atoms with Gasteiger partial charge in [-0.3, -0.25) is 20.4 Å². The molecule has 0 bridgehead atoms. The second kappa shape index (κ2) is 6.89. The van der Waals surface area contributed by atoms with Crippen LogP contribution in [0.2, 0.25) is 0 Å². The molecule has 7 nitrogen and oxygen atoms in total. The van der Waals surface area contributed by atoms with Crippen LogP contribution in [-0.2, 0) is 9.59 Å². The summed E-state index contributed by atoms with van der Waals surface area (Å²) in [7, 11) is 0. The molecule has 8 heteroatoms. The molecular formula is C13H14N4O3S. The predicted octanol–water partition coefficient (Wildman–Crippen LogP) is 1.30. The monoisotopic (exact) mass is 306 g/mol. The fraction of sp³-hybridized carbons (Fsp3) is 0.231. The van der Waals surface area contributed by atoms with Gasteiger partial charge in [0.2, 0.25) is 17.7 Å². The first-order valence-corrected chi connectivity index (χ1v) is 7.12. The first-order chi connectivity index (χ1) is 10.0. The molecule has 2 N–H and O–H groups in total. The average Bonchev–Trinajstić information content (AvgIpc) is 2.92. The molecule has 2 aromatic rings. The molecule has 1 aromatic heterocycles. The molecule has 0 unspecified atom stereocenters. The van der Waals surface area contributed by atoms with Crippen molar-refractivity contribution in [1.82, 2.24) is 21.0 Å². The highest BCUT2D eigenvalue weighted by molar-refractivity contribution is 7.99. The van der Waals surface area contributed by atoms with Crippen LogP contribution in [-0.4, -0.2) is 27.8 Å². The fourth-order valence-electron chi connectivity index (χ4n) is 1.40. The van der Waals surface area contributed by atoms with Crippen LogP contribution in [0.5, 0.6) is 0 Å². The van der Waals surface area contributed by atoms with E-state index in [4.69, 9.17) is 4.42 Å². The highest BCUT2D eigenvalue weighted by atomic mass is 32.2. The van der Waals surface area contributed by atoms with Gasteiger partial charge < -0.3 is 4.42 Å². The second-order valence-electron chi connectivity index (χ2n) is 4.26. The molecule has 0 spiro atoms. The minimum Gasteiger partial charge on any atom is -0.411 e. The zero-order valence-electron chi connectivity index (χ0n) is 11.5. The van der Waals surface area contributed by atoms with Gasteiger partial charge in [0.15, 0.2) is 0 Å². The van der Waals surface area contributed by atoms with Gasteiger partial charge in [0.05, 0.1) is 5.75 Å². The molecule has 110 valence electrons. The summed E-state index contributed by atoms with van der Waals surface area (Å²) < 4.78 is 5.46. The van der Waals surface area contributed by atoms with Gasteiger partial charge in [-0.05, 0) is 19.1 Å². The van der Waals surface area contributed by atoms with E-state index in [0.29, 0.717) is 11.1 Å². The maximum Gasteiger partial charge on any atom is 0.277 e. The molecule has 0 radical (unpaired) electrons. The lowest BCUT2D eigenvalue weighted by Gasteiger charge is -2.02. The van der Waals surface area contributed by atoms with Gasteiger partial charge in [0, 0.05) is 12.5 Å². The van der Waals surface area contributed by atoms with Gasteiger partial charge in [0.1, 0.15) is 0 Å². The Kier molecular flexibility index (Phi) is 4.94. The second-order valence-corrected chi connectivity index (χ2v) is 5.18. The molecule has 0 atom stereocenters. The zero-order chi connectivity index (χ0) is 15.2. The SMILES string of the molecule is CC(=O)NNC(=O)CSc1nnc(-c2ccc(C)cc2)o1. The van der Waals surface area contributed by atoms with Crippen LogP contribution in [0.4, 0.5) is 0 Å². The van der Waals surface area contributed by atoms with Crippen molar-refractivity contribution in [2.75, 3.05) is 5.75 Å². The Morgan fingerprint density at radius 2 is 1.90 bits per heavy atom. The van der Waals surface area contributed by atoms with E-state index in [0.717, 1.165) is 22.9 Å². The van der Waals surface area contributed by atoms with Crippen LogP contribution >= 0.6 is 11.8 Å². The van der Waals surface area contributed by atoms with Crippen LogP contribution in [0.25, 0.3) is 11.5 Å². The molecule has 0 aliphatic heterocycles. The molecule has 0 saturated carbocycles. The maximum atomic E-state index is 11.4. The molecule has 1 heterocycles. The Bertz CT molecular complexity index is 639. The van der Waals surface area contributed by atoms with Crippen molar-refractivity contribution in [2.45, 2.75) is 19.1 Å². The third-order valence-electron chi connectivity index (χ3n) is 2.41. The summed E-state index contributed by atoms with van der Waals surface area (Å²) >= 11 is 1.10. The predicted molar refractivity (Wildman–Crippen MR) is 77.2 cm³/mol. The van der Waals surface area contributed by atoms with E-state index in [-0.39, 0.29) is 17.6 Å². The first kappa shape index (κ1) is 15.0. The number of rotatable bonds is 4. The Morgan fingerprint density at radius 1 is 1.19 bits per heavy atom. The van der Waals surface area contributed by atoms with Crippen LogP contribution in [0, 0.1) is 6.92 Å². The number of carbonyl (C=O) groups excluding carboxylic acids is 2. The average molecular weight is 306 g/mol. The normalized spacial score (nSPS) is 10.2. The third-order valence-corrected chi connectivity index (χ3v) is 3.23. The lowest BCUT2D eigenvalue weighted by molar-refractivity contribution is -0.126. The summed E-state index contributed by atoms with van der Waals surface area (Å²) in [6.45, 7) is 3.30. The van der Waals surface area contributed by atoms with Crippen molar-refractivity contribution < 1.29 is 14.0 Å². The number of hydrogen-bond acceptors (Lipinski definition) is 6. The first-order valence-electron chi connectivity index (χ1n) is 6.13. The zero-order valence-corrected chi connectivity index (χ0v) is 12.4. The number of thioether (sulfide) groups is 1. The smallest absolute Gasteiger partial charge is 0.277 e. The van der Waals surface area contributed by atoms with Crippen molar-refractivity contribution >= 4 is 23.6 Å². The lowest BCUT2D eigenvalue weighted by atomic mass is 10.1. The minimum atomic E-state index is -0.356. The topological polar surface area (TPSA) is 97.1 Å². The maximum absolute atomic E-state index is 11.4. The quantitative estimate of drug-likeness (QED) is 0.653. The number of hydrogen-bond donors (Lipinski definition) is 2. The number of amides is 2. The number of benzene rings is 1. The van der Waals surface area contributed by atoms with Crippen molar-refractivity contribution in [3.05, 3.63) is 29.8 Å². The van der Waals surface area contributed by atoms with Gasteiger partial charge in [-0.2, -0.15) is 0 Å². The Morgan fingerprint density at radius 3 is 2.57 bits per heavy atom. The van der Waals surface area contributed by atoms with E-state index in [9.17, 15) is 9.59 Å². The summed E-state index contributed by atoms with van der Waals surface area (Å²) in [5.41, 5.74) is 6.41. The Hall–Kier alpha value is -2.35. The van der Waals surface area contributed by atoms with Crippen LogP contribution in [0.15, 0.2) is 33.9 Å². The van der Waals surface area contributed by atoms with Gasteiger partial charge in [-0.1, -0.05) is 29.5 Å². The van der Waals surface area contributed by atoms with Crippen molar-refractivity contribution in [1.29, 1.82) is 0 Å². The molecule has 2 rings (SSSR count). The number of aryl methyl sites for hydroxylation is 1. The van der Waals surface area contributed by atoms with Crippen LogP contribution in [0.3, 0.4) is 0 Å². The summed E-state index contributed by atoms with van der Waals surface area (Å²) in [4.78, 5) is 22.0. The van der Waals surface area contributed by atoms with Crippen molar-refractivity contribution in [2.24, 2.45) is 0 Å². The van der Waals surface area contributed by atoms with Gasteiger partial charge in [0.25, 0.3) is 5.22 Å². The highest BCUT2D eigenvalue weighted by Gasteiger charge is 2.11. The Labute approximate surface area is 125 Å². The molecule has 1 aromatic carbocycles. The number of carbonyl (C=O) groups is 2. The van der Waals surface area contributed by atoms with Crippen molar-refractivity contribution in [3.63, 3.8) is 0 Å². The van der Waals surface area contributed by atoms with E-state index < -0.39 is 0 Å². The largest absolute Gasteiger partial charge is 0.411 e. The van der Waals surface area contributed by atoms with Gasteiger partial charge in [-0.25, -0.2) is 0 Å². The summed E-state index contributed by atoms with van der Waals surface area (Å²) in [5, 5.41) is 8.09. The number of nitrogens with one attached hydrogen (secondary N) is 2. The minimum absolute atomic E-state index is 0.0653. The Balaban J connectivity index is 1.90. The highest BCUT2D eigenvalue weighted by Crippen LogP contribution is 2.23. The van der Waals surface area contributed by atoms with E-state index in [2.05, 4.69) is 21.0 Å². The fourth-order valence-corrected chi connectivity index (χ4v) is 1.97. The van der Waals surface area contributed by atoms with E-state index >= 15 is 0 Å². The van der Waals surface area contributed by atoms with E-state index in [1.165, 1.54) is 6.92 Å².